The molecule has 4 rings (SSSR count). The number of para-hydroxylation sites is 2. The van der Waals surface area contributed by atoms with Crippen LogP contribution in [0.5, 0.6) is 0 Å². The van der Waals surface area contributed by atoms with Crippen LogP contribution in [0.25, 0.3) is 11.0 Å². The van der Waals surface area contributed by atoms with E-state index >= 15 is 0 Å². The number of aliphatic carboxylic acids is 1. The maximum atomic E-state index is 12.0. The normalized spacial score (nSPS) is 27.2. The summed E-state index contributed by atoms with van der Waals surface area (Å²) in [7, 11) is -3.37. The van der Waals surface area contributed by atoms with Gasteiger partial charge in [-0.05, 0) is 12.1 Å². The number of hydrogen-bond acceptors (Lipinski definition) is 5. The lowest BCUT2D eigenvalue weighted by atomic mass is 9.81. The SMILES string of the molecule is CS(=O)(=O)N1C[C@H]2CN(CCn3cnc4ccccc43)C[C@@]2(C(=O)O)C1. The van der Waals surface area contributed by atoms with Crippen molar-refractivity contribution in [1.82, 2.24) is 18.8 Å². The standard InChI is InChI=1S/C17H22N4O4S/c1-26(24,25)21-9-13-8-19(10-17(13,11-21)16(22)23)6-7-20-12-18-14-4-2-3-5-15(14)20/h2-5,12-13H,6-11H2,1H3,(H,22,23)/t13-,17-/m1/s1. The monoisotopic (exact) mass is 378 g/mol. The van der Waals surface area contributed by atoms with Gasteiger partial charge in [-0.1, -0.05) is 12.1 Å². The van der Waals surface area contributed by atoms with E-state index in [-0.39, 0.29) is 19.0 Å². The number of sulfonamides is 1. The maximum absolute atomic E-state index is 12.0. The smallest absolute Gasteiger partial charge is 0.312 e. The third-order valence-electron chi connectivity index (χ3n) is 5.73. The molecular weight excluding hydrogens is 356 g/mol. The third kappa shape index (κ3) is 2.80. The molecule has 3 heterocycles. The van der Waals surface area contributed by atoms with Gasteiger partial charge in [-0.3, -0.25) is 9.69 Å². The number of likely N-dealkylation sites (tertiary alicyclic amines) is 1. The molecule has 26 heavy (non-hydrogen) atoms. The zero-order valence-corrected chi connectivity index (χ0v) is 15.4. The van der Waals surface area contributed by atoms with E-state index in [1.54, 1.807) is 6.33 Å². The highest BCUT2D eigenvalue weighted by molar-refractivity contribution is 7.88. The first-order chi connectivity index (χ1) is 12.3. The van der Waals surface area contributed by atoms with E-state index in [0.29, 0.717) is 19.6 Å². The van der Waals surface area contributed by atoms with Crippen LogP contribution in [0.15, 0.2) is 30.6 Å². The van der Waals surface area contributed by atoms with Gasteiger partial charge in [0.05, 0.1) is 29.0 Å². The van der Waals surface area contributed by atoms with E-state index in [4.69, 9.17) is 0 Å². The average Bonchev–Trinajstić information content (AvgIpc) is 3.22. The van der Waals surface area contributed by atoms with Gasteiger partial charge in [0, 0.05) is 45.2 Å². The number of benzene rings is 1. The fourth-order valence-electron chi connectivity index (χ4n) is 4.29. The van der Waals surface area contributed by atoms with Gasteiger partial charge in [-0.15, -0.1) is 0 Å². The quantitative estimate of drug-likeness (QED) is 0.805. The number of carboxylic acid groups (broad SMARTS) is 1. The Kier molecular flexibility index (Phi) is 4.05. The summed E-state index contributed by atoms with van der Waals surface area (Å²) in [6.07, 6.45) is 2.95. The average molecular weight is 378 g/mol. The summed E-state index contributed by atoms with van der Waals surface area (Å²) in [6.45, 7) is 2.77. The van der Waals surface area contributed by atoms with E-state index < -0.39 is 21.4 Å². The van der Waals surface area contributed by atoms with Crippen LogP contribution in [0.4, 0.5) is 0 Å². The fourth-order valence-corrected chi connectivity index (χ4v) is 5.20. The molecule has 1 aromatic carbocycles. The van der Waals surface area contributed by atoms with Gasteiger partial charge in [0.15, 0.2) is 0 Å². The summed E-state index contributed by atoms with van der Waals surface area (Å²) in [5, 5.41) is 9.81. The van der Waals surface area contributed by atoms with Gasteiger partial charge in [-0.2, -0.15) is 0 Å². The summed E-state index contributed by atoms with van der Waals surface area (Å²) >= 11 is 0. The van der Waals surface area contributed by atoms with Crippen LogP contribution in [-0.4, -0.2) is 77.2 Å². The molecule has 0 radical (unpaired) electrons. The Hall–Kier alpha value is -1.97. The predicted octanol–water partition coefficient (Wildman–Crippen LogP) is 0.314. The number of nitrogens with zero attached hydrogens (tertiary/aromatic N) is 4. The molecule has 0 saturated carbocycles. The number of hydrogen-bond donors (Lipinski definition) is 1. The van der Waals surface area contributed by atoms with Crippen molar-refractivity contribution in [3.63, 3.8) is 0 Å². The van der Waals surface area contributed by atoms with Crippen molar-refractivity contribution in [1.29, 1.82) is 0 Å². The molecule has 2 fully saturated rings. The summed E-state index contributed by atoms with van der Waals surface area (Å²) in [4.78, 5) is 18.5. The Morgan fingerprint density at radius 3 is 2.73 bits per heavy atom. The van der Waals surface area contributed by atoms with Crippen molar-refractivity contribution in [2.75, 3.05) is 39.0 Å². The Morgan fingerprint density at radius 2 is 2.04 bits per heavy atom. The van der Waals surface area contributed by atoms with Gasteiger partial charge in [-0.25, -0.2) is 17.7 Å². The van der Waals surface area contributed by atoms with Gasteiger partial charge in [0.1, 0.15) is 0 Å². The summed E-state index contributed by atoms with van der Waals surface area (Å²) in [5.41, 5.74) is 1.000. The van der Waals surface area contributed by atoms with Crippen molar-refractivity contribution in [3.8, 4) is 0 Å². The molecule has 2 aliphatic heterocycles. The van der Waals surface area contributed by atoms with E-state index in [1.807, 2.05) is 24.3 Å². The van der Waals surface area contributed by atoms with Gasteiger partial charge < -0.3 is 9.67 Å². The van der Waals surface area contributed by atoms with Crippen LogP contribution in [0.2, 0.25) is 0 Å². The van der Waals surface area contributed by atoms with Gasteiger partial charge in [0.25, 0.3) is 0 Å². The van der Waals surface area contributed by atoms with Crippen molar-refractivity contribution in [2.24, 2.45) is 11.3 Å². The number of rotatable bonds is 5. The largest absolute Gasteiger partial charge is 0.481 e. The zero-order chi connectivity index (χ0) is 18.5. The molecule has 2 aromatic rings. The van der Waals surface area contributed by atoms with Crippen LogP contribution in [0.3, 0.4) is 0 Å². The number of imidazole rings is 1. The number of aromatic nitrogens is 2. The Balaban J connectivity index is 1.47. The van der Waals surface area contributed by atoms with Crippen LogP contribution < -0.4 is 0 Å². The highest BCUT2D eigenvalue weighted by Crippen LogP contribution is 2.43. The molecule has 1 aromatic heterocycles. The van der Waals surface area contributed by atoms with Gasteiger partial charge >= 0.3 is 5.97 Å². The van der Waals surface area contributed by atoms with Crippen LogP contribution in [0, 0.1) is 11.3 Å². The van der Waals surface area contributed by atoms with E-state index in [2.05, 4.69) is 14.5 Å². The molecule has 2 saturated heterocycles. The van der Waals surface area contributed by atoms with Gasteiger partial charge in [0.2, 0.25) is 10.0 Å². The highest BCUT2D eigenvalue weighted by atomic mass is 32.2. The second kappa shape index (κ2) is 6.04. The molecule has 2 atom stereocenters. The predicted molar refractivity (Wildman–Crippen MR) is 96.1 cm³/mol. The molecular formula is C17H22N4O4S. The summed E-state index contributed by atoms with van der Waals surface area (Å²) in [6, 6.07) is 7.90. The minimum absolute atomic E-state index is 0.0658. The molecule has 9 heteroatoms. The van der Waals surface area contributed by atoms with Crippen LogP contribution >= 0.6 is 0 Å². The van der Waals surface area contributed by atoms with E-state index in [9.17, 15) is 18.3 Å². The number of fused-ring (bicyclic) bond motifs is 2. The first-order valence-corrected chi connectivity index (χ1v) is 10.5. The van der Waals surface area contributed by atoms with Crippen molar-refractivity contribution < 1.29 is 18.3 Å². The minimum atomic E-state index is -3.37. The molecule has 0 spiro atoms. The number of carbonyl (C=O) groups is 1. The third-order valence-corrected chi connectivity index (χ3v) is 6.94. The molecule has 8 nitrogen and oxygen atoms in total. The molecule has 1 N–H and O–H groups in total. The Labute approximate surface area is 152 Å². The maximum Gasteiger partial charge on any atom is 0.312 e. The first kappa shape index (κ1) is 17.4. The van der Waals surface area contributed by atoms with Crippen molar-refractivity contribution >= 4 is 27.0 Å². The lowest BCUT2D eigenvalue weighted by molar-refractivity contribution is -0.148. The molecule has 0 amide bonds. The molecule has 2 aliphatic rings. The van der Waals surface area contributed by atoms with Crippen molar-refractivity contribution in [2.45, 2.75) is 6.54 Å². The van der Waals surface area contributed by atoms with Crippen molar-refractivity contribution in [3.05, 3.63) is 30.6 Å². The zero-order valence-electron chi connectivity index (χ0n) is 14.6. The number of carboxylic acids is 1. The molecule has 0 aliphatic carbocycles. The minimum Gasteiger partial charge on any atom is -0.481 e. The molecule has 0 unspecified atom stereocenters. The van der Waals surface area contributed by atoms with Crippen LogP contribution in [0.1, 0.15) is 0 Å². The first-order valence-electron chi connectivity index (χ1n) is 8.60. The molecule has 0 bridgehead atoms. The fraction of sp³-hybridized carbons (Fsp3) is 0.529. The lowest BCUT2D eigenvalue weighted by Crippen LogP contribution is -2.42. The lowest BCUT2D eigenvalue weighted by Gasteiger charge is -2.24. The van der Waals surface area contributed by atoms with Crippen LogP contribution in [-0.2, 0) is 21.4 Å². The topological polar surface area (TPSA) is 95.7 Å². The van der Waals surface area contributed by atoms with E-state index in [0.717, 1.165) is 23.8 Å². The Bertz CT molecular complexity index is 957. The summed E-state index contributed by atoms with van der Waals surface area (Å²) < 4.78 is 27.0. The van der Waals surface area contributed by atoms with E-state index in [1.165, 1.54) is 4.31 Å². The highest BCUT2D eigenvalue weighted by Gasteiger charge is 2.58. The Morgan fingerprint density at radius 1 is 1.27 bits per heavy atom. The molecule has 140 valence electrons. The summed E-state index contributed by atoms with van der Waals surface area (Å²) in [5.74, 6) is -1.07. The second-order valence-corrected chi connectivity index (χ2v) is 9.36. The second-order valence-electron chi connectivity index (χ2n) is 7.38.